The zero-order chi connectivity index (χ0) is 11.3. The minimum atomic E-state index is 0.518. The van der Waals surface area contributed by atoms with Gasteiger partial charge < -0.3 is 4.90 Å². The quantitative estimate of drug-likeness (QED) is 0.749. The predicted octanol–water partition coefficient (Wildman–Crippen LogP) is 3.18. The summed E-state index contributed by atoms with van der Waals surface area (Å²) in [7, 11) is 0. The Bertz CT molecular complexity index is 352. The van der Waals surface area contributed by atoms with Crippen LogP contribution in [-0.4, -0.2) is 12.6 Å². The first-order valence-corrected chi connectivity index (χ1v) is 5.49. The molecular weight excluding hydrogens is 184 g/mol. The highest BCUT2D eigenvalue weighted by atomic mass is 15.1. The van der Waals surface area contributed by atoms with Crippen molar-refractivity contribution in [1.29, 1.82) is 5.26 Å². The molecule has 2 heteroatoms. The Labute approximate surface area is 92.1 Å². The maximum Gasteiger partial charge on any atom is 0.0992 e. The van der Waals surface area contributed by atoms with Gasteiger partial charge in [0.15, 0.2) is 0 Å². The minimum absolute atomic E-state index is 0.518. The fourth-order valence-corrected chi connectivity index (χ4v) is 1.72. The van der Waals surface area contributed by atoms with Crippen molar-refractivity contribution in [2.45, 2.75) is 33.2 Å². The summed E-state index contributed by atoms with van der Waals surface area (Å²) >= 11 is 0. The molecule has 0 amide bonds. The normalized spacial score (nSPS) is 11.9. The highest BCUT2D eigenvalue weighted by Crippen LogP contribution is 2.19. The number of hydrogen-bond acceptors (Lipinski definition) is 2. The molecule has 1 aromatic rings. The summed E-state index contributed by atoms with van der Waals surface area (Å²) in [6, 6.07) is 10.5. The molecule has 80 valence electrons. The number of nitriles is 1. The number of nitrogens with zero attached hydrogens (tertiary/aromatic N) is 2. The van der Waals surface area contributed by atoms with Gasteiger partial charge in [-0.15, -0.1) is 0 Å². The van der Waals surface area contributed by atoms with Gasteiger partial charge in [-0.1, -0.05) is 13.0 Å². The second-order valence-corrected chi connectivity index (χ2v) is 3.71. The standard InChI is InChI=1S/C13H18N2/c1-4-11(3)15(5-2)13-8-6-7-12(9-13)10-14/h6-9,11H,4-5H2,1-3H3. The van der Waals surface area contributed by atoms with Crippen LogP contribution in [0.2, 0.25) is 0 Å². The van der Waals surface area contributed by atoms with Crippen molar-refractivity contribution in [3.8, 4) is 6.07 Å². The molecule has 1 aromatic carbocycles. The first-order chi connectivity index (χ1) is 7.22. The Hall–Kier alpha value is -1.49. The van der Waals surface area contributed by atoms with E-state index in [1.165, 1.54) is 0 Å². The topological polar surface area (TPSA) is 27.0 Å². The summed E-state index contributed by atoms with van der Waals surface area (Å²) in [4.78, 5) is 2.32. The monoisotopic (exact) mass is 202 g/mol. The van der Waals surface area contributed by atoms with Crippen molar-refractivity contribution in [3.63, 3.8) is 0 Å². The first-order valence-electron chi connectivity index (χ1n) is 5.49. The van der Waals surface area contributed by atoms with Gasteiger partial charge in [-0.05, 0) is 38.5 Å². The van der Waals surface area contributed by atoms with Gasteiger partial charge >= 0.3 is 0 Å². The van der Waals surface area contributed by atoms with Crippen molar-refractivity contribution in [1.82, 2.24) is 0 Å². The van der Waals surface area contributed by atoms with E-state index in [4.69, 9.17) is 5.26 Å². The molecule has 0 N–H and O–H groups in total. The zero-order valence-corrected chi connectivity index (χ0v) is 9.70. The average Bonchev–Trinajstić information content (AvgIpc) is 2.30. The van der Waals surface area contributed by atoms with Crippen LogP contribution in [0.3, 0.4) is 0 Å². The van der Waals surface area contributed by atoms with E-state index in [1.54, 1.807) is 0 Å². The van der Waals surface area contributed by atoms with Crippen LogP contribution in [0.4, 0.5) is 5.69 Å². The van der Waals surface area contributed by atoms with Gasteiger partial charge in [0.25, 0.3) is 0 Å². The third-order valence-corrected chi connectivity index (χ3v) is 2.77. The Balaban J connectivity index is 2.97. The lowest BCUT2D eigenvalue weighted by Crippen LogP contribution is -2.32. The largest absolute Gasteiger partial charge is 0.369 e. The van der Waals surface area contributed by atoms with Gasteiger partial charge in [0, 0.05) is 18.3 Å². The van der Waals surface area contributed by atoms with Crippen LogP contribution >= 0.6 is 0 Å². The van der Waals surface area contributed by atoms with E-state index >= 15 is 0 Å². The van der Waals surface area contributed by atoms with Crippen molar-refractivity contribution < 1.29 is 0 Å². The van der Waals surface area contributed by atoms with Gasteiger partial charge in [-0.25, -0.2) is 0 Å². The number of benzene rings is 1. The van der Waals surface area contributed by atoms with Crippen molar-refractivity contribution >= 4 is 5.69 Å². The van der Waals surface area contributed by atoms with Gasteiger partial charge in [0.2, 0.25) is 0 Å². The summed E-state index contributed by atoms with van der Waals surface area (Å²) in [5.41, 5.74) is 1.88. The summed E-state index contributed by atoms with van der Waals surface area (Å²) in [6.45, 7) is 7.51. The average molecular weight is 202 g/mol. The highest BCUT2D eigenvalue weighted by Gasteiger charge is 2.10. The fourth-order valence-electron chi connectivity index (χ4n) is 1.72. The molecule has 0 aliphatic carbocycles. The van der Waals surface area contributed by atoms with E-state index in [9.17, 15) is 0 Å². The molecule has 0 aromatic heterocycles. The van der Waals surface area contributed by atoms with E-state index < -0.39 is 0 Å². The van der Waals surface area contributed by atoms with Crippen LogP contribution in [0.25, 0.3) is 0 Å². The lowest BCUT2D eigenvalue weighted by atomic mass is 10.1. The van der Waals surface area contributed by atoms with E-state index in [2.05, 4.69) is 37.8 Å². The molecule has 2 nitrogen and oxygen atoms in total. The molecular formula is C13H18N2. The molecule has 1 atom stereocenters. The molecule has 0 aliphatic heterocycles. The SMILES string of the molecule is CCC(C)N(CC)c1cccc(C#N)c1. The predicted molar refractivity (Wildman–Crippen MR) is 63.9 cm³/mol. The minimum Gasteiger partial charge on any atom is -0.369 e. The van der Waals surface area contributed by atoms with Crippen molar-refractivity contribution in [3.05, 3.63) is 29.8 Å². The molecule has 0 saturated carbocycles. The molecule has 0 bridgehead atoms. The molecule has 0 aliphatic rings. The molecule has 0 heterocycles. The zero-order valence-electron chi connectivity index (χ0n) is 9.70. The molecule has 1 rings (SSSR count). The van der Waals surface area contributed by atoms with Crippen LogP contribution in [0.1, 0.15) is 32.8 Å². The van der Waals surface area contributed by atoms with Gasteiger partial charge in [-0.2, -0.15) is 5.26 Å². The van der Waals surface area contributed by atoms with Crippen LogP contribution in [-0.2, 0) is 0 Å². The third kappa shape index (κ3) is 2.73. The summed E-state index contributed by atoms with van der Waals surface area (Å²) in [5, 5.41) is 8.84. The smallest absolute Gasteiger partial charge is 0.0992 e. The number of anilines is 1. The van der Waals surface area contributed by atoms with Gasteiger partial charge in [-0.3, -0.25) is 0 Å². The molecule has 0 fully saturated rings. The fraction of sp³-hybridized carbons (Fsp3) is 0.462. The lowest BCUT2D eigenvalue weighted by molar-refractivity contribution is 0.630. The lowest BCUT2D eigenvalue weighted by Gasteiger charge is -2.29. The maximum absolute atomic E-state index is 8.84. The van der Waals surface area contributed by atoms with Crippen molar-refractivity contribution in [2.75, 3.05) is 11.4 Å². The van der Waals surface area contributed by atoms with E-state index in [-0.39, 0.29) is 0 Å². The Morgan fingerprint density at radius 3 is 2.67 bits per heavy atom. The molecule has 1 unspecified atom stereocenters. The molecule has 0 radical (unpaired) electrons. The van der Waals surface area contributed by atoms with Crippen molar-refractivity contribution in [2.24, 2.45) is 0 Å². The van der Waals surface area contributed by atoms with Crippen LogP contribution in [0, 0.1) is 11.3 Å². The van der Waals surface area contributed by atoms with Crippen LogP contribution < -0.4 is 4.90 Å². The highest BCUT2D eigenvalue weighted by molar-refractivity contribution is 5.52. The van der Waals surface area contributed by atoms with E-state index in [0.29, 0.717) is 6.04 Å². The molecule has 0 spiro atoms. The van der Waals surface area contributed by atoms with Gasteiger partial charge in [0.1, 0.15) is 0 Å². The second kappa shape index (κ2) is 5.41. The Morgan fingerprint density at radius 1 is 1.40 bits per heavy atom. The summed E-state index contributed by atoms with van der Waals surface area (Å²) < 4.78 is 0. The summed E-state index contributed by atoms with van der Waals surface area (Å²) in [5.74, 6) is 0. The first kappa shape index (κ1) is 11.6. The summed E-state index contributed by atoms with van der Waals surface area (Å²) in [6.07, 6.45) is 1.12. The molecule has 15 heavy (non-hydrogen) atoms. The van der Waals surface area contributed by atoms with Gasteiger partial charge in [0.05, 0.1) is 11.6 Å². The van der Waals surface area contributed by atoms with Crippen LogP contribution in [0.15, 0.2) is 24.3 Å². The Kier molecular flexibility index (Phi) is 4.17. The second-order valence-electron chi connectivity index (χ2n) is 3.71. The molecule has 0 saturated heterocycles. The Morgan fingerprint density at radius 2 is 2.13 bits per heavy atom. The number of rotatable bonds is 4. The number of hydrogen-bond donors (Lipinski definition) is 0. The third-order valence-electron chi connectivity index (χ3n) is 2.77. The maximum atomic E-state index is 8.84. The van der Waals surface area contributed by atoms with E-state index in [1.807, 2.05) is 18.2 Å². The van der Waals surface area contributed by atoms with Crippen LogP contribution in [0.5, 0.6) is 0 Å². The van der Waals surface area contributed by atoms with E-state index in [0.717, 1.165) is 24.2 Å².